The number of carbonyl (C=O) groups excluding carboxylic acids is 3. The molecule has 1 aromatic heterocycles. The number of rotatable bonds is 3. The van der Waals surface area contributed by atoms with E-state index in [1.54, 1.807) is 29.7 Å². The maximum absolute atomic E-state index is 12.3. The molecule has 1 atom stereocenters. The second-order valence-corrected chi connectivity index (χ2v) is 5.67. The molecular formula is C14H12N4O3S. The molecule has 1 unspecified atom stereocenters. The zero-order chi connectivity index (χ0) is 15.7. The zero-order valence-corrected chi connectivity index (χ0v) is 12.5. The monoisotopic (exact) mass is 316 g/mol. The van der Waals surface area contributed by atoms with E-state index in [1.165, 1.54) is 11.3 Å². The van der Waals surface area contributed by atoms with E-state index in [0.717, 1.165) is 10.6 Å². The highest BCUT2D eigenvalue weighted by atomic mass is 32.1. The predicted octanol–water partition coefficient (Wildman–Crippen LogP) is 1.54. The summed E-state index contributed by atoms with van der Waals surface area (Å²) in [5.41, 5.74) is 1.20. The van der Waals surface area contributed by atoms with Crippen molar-refractivity contribution in [3.8, 4) is 0 Å². The minimum Gasteiger partial charge on any atom is -0.300 e. The Balaban J connectivity index is 1.72. The molecule has 22 heavy (non-hydrogen) atoms. The molecule has 1 N–H and O–H groups in total. The number of amides is 4. The van der Waals surface area contributed by atoms with Crippen LogP contribution in [0.25, 0.3) is 0 Å². The Morgan fingerprint density at radius 3 is 2.95 bits per heavy atom. The molecule has 2 aliphatic rings. The van der Waals surface area contributed by atoms with Crippen LogP contribution in [0.5, 0.6) is 0 Å². The first-order chi connectivity index (χ1) is 10.5. The van der Waals surface area contributed by atoms with Crippen LogP contribution in [-0.4, -0.2) is 40.0 Å². The molecule has 2 heterocycles. The number of aliphatic imine (C=N–C) groups is 1. The summed E-state index contributed by atoms with van der Waals surface area (Å²) >= 11 is 1.28. The van der Waals surface area contributed by atoms with Crippen molar-refractivity contribution in [3.63, 3.8) is 0 Å². The number of fused-ring (bicyclic) bond motifs is 1. The van der Waals surface area contributed by atoms with Gasteiger partial charge in [0.25, 0.3) is 0 Å². The molecule has 0 spiro atoms. The van der Waals surface area contributed by atoms with Crippen molar-refractivity contribution in [2.24, 2.45) is 10.9 Å². The van der Waals surface area contributed by atoms with Gasteiger partial charge >= 0.3 is 6.03 Å². The van der Waals surface area contributed by atoms with Gasteiger partial charge in [-0.05, 0) is 13.0 Å². The number of thiazole rings is 1. The molecule has 0 bridgehead atoms. The first kappa shape index (κ1) is 14.3. The van der Waals surface area contributed by atoms with E-state index in [2.05, 4.69) is 15.3 Å². The van der Waals surface area contributed by atoms with E-state index in [0.29, 0.717) is 10.8 Å². The highest BCUT2D eigenvalue weighted by Crippen LogP contribution is 2.20. The average molecular weight is 316 g/mol. The first-order valence-electron chi connectivity index (χ1n) is 6.55. The topological polar surface area (TPSA) is 91.7 Å². The Labute approximate surface area is 130 Å². The van der Waals surface area contributed by atoms with E-state index in [1.807, 2.05) is 6.92 Å². The number of nitrogens with one attached hydrogen (secondary N) is 1. The third-order valence-corrected chi connectivity index (χ3v) is 4.03. The number of aromatic nitrogens is 1. The van der Waals surface area contributed by atoms with Crippen LogP contribution in [0.1, 0.15) is 5.69 Å². The van der Waals surface area contributed by atoms with Gasteiger partial charge in [-0.2, -0.15) is 4.99 Å². The van der Waals surface area contributed by atoms with Crippen LogP contribution in [0, 0.1) is 12.8 Å². The first-order valence-corrected chi connectivity index (χ1v) is 7.43. The van der Waals surface area contributed by atoms with Crippen molar-refractivity contribution in [2.45, 2.75) is 6.92 Å². The number of nitrogens with zero attached hydrogens (tertiary/aromatic N) is 3. The summed E-state index contributed by atoms with van der Waals surface area (Å²) in [6.45, 7) is 1.43. The van der Waals surface area contributed by atoms with Gasteiger partial charge in [0.05, 0.1) is 17.3 Å². The second kappa shape index (κ2) is 5.64. The molecular weight excluding hydrogens is 304 g/mol. The molecule has 0 fully saturated rings. The van der Waals surface area contributed by atoms with E-state index in [9.17, 15) is 14.4 Å². The maximum atomic E-state index is 12.3. The number of hydrogen-bond donors (Lipinski definition) is 1. The van der Waals surface area contributed by atoms with Gasteiger partial charge in [-0.15, -0.1) is 11.3 Å². The fraction of sp³-hybridized carbons (Fsp3) is 0.214. The quantitative estimate of drug-likeness (QED) is 0.915. The molecule has 0 aromatic carbocycles. The Hall–Kier alpha value is -2.61. The van der Waals surface area contributed by atoms with Crippen LogP contribution in [-0.2, 0) is 9.59 Å². The summed E-state index contributed by atoms with van der Waals surface area (Å²) in [6.07, 6.45) is 6.70. The number of carbonyl (C=O) groups is 3. The summed E-state index contributed by atoms with van der Waals surface area (Å²) in [7, 11) is 0. The Kier molecular flexibility index (Phi) is 3.68. The van der Waals surface area contributed by atoms with E-state index >= 15 is 0 Å². The van der Waals surface area contributed by atoms with Gasteiger partial charge in [-0.1, -0.05) is 18.2 Å². The van der Waals surface area contributed by atoms with Crippen molar-refractivity contribution in [1.82, 2.24) is 9.88 Å². The zero-order valence-electron chi connectivity index (χ0n) is 11.6. The van der Waals surface area contributed by atoms with Gasteiger partial charge in [0, 0.05) is 5.38 Å². The summed E-state index contributed by atoms with van der Waals surface area (Å²) in [5.74, 6) is -1.52. The van der Waals surface area contributed by atoms with E-state index in [4.69, 9.17) is 0 Å². The van der Waals surface area contributed by atoms with Crippen LogP contribution in [0.2, 0.25) is 0 Å². The summed E-state index contributed by atoms with van der Waals surface area (Å²) < 4.78 is 0. The number of allylic oxidation sites excluding steroid dienone is 3. The average Bonchev–Trinajstić information content (AvgIpc) is 2.88. The van der Waals surface area contributed by atoms with Crippen molar-refractivity contribution in [1.29, 1.82) is 0 Å². The van der Waals surface area contributed by atoms with Crippen LogP contribution in [0.3, 0.4) is 0 Å². The lowest BCUT2D eigenvalue weighted by Crippen LogP contribution is -2.48. The third kappa shape index (κ3) is 2.73. The van der Waals surface area contributed by atoms with Gasteiger partial charge in [-0.3, -0.25) is 14.5 Å². The molecule has 4 amide bonds. The molecule has 7 nitrogen and oxygen atoms in total. The number of aryl methyl sites for hydroxylation is 1. The number of urea groups is 1. The van der Waals surface area contributed by atoms with Crippen molar-refractivity contribution in [3.05, 3.63) is 35.4 Å². The largest absolute Gasteiger partial charge is 0.351 e. The van der Waals surface area contributed by atoms with Crippen LogP contribution in [0.4, 0.5) is 9.93 Å². The van der Waals surface area contributed by atoms with Crippen molar-refractivity contribution >= 4 is 40.0 Å². The van der Waals surface area contributed by atoms with Gasteiger partial charge in [0.15, 0.2) is 5.13 Å². The molecule has 1 aliphatic carbocycles. The predicted molar refractivity (Wildman–Crippen MR) is 81.8 cm³/mol. The highest BCUT2D eigenvalue weighted by molar-refractivity contribution is 7.13. The van der Waals surface area contributed by atoms with E-state index in [-0.39, 0.29) is 6.54 Å². The minimum atomic E-state index is -0.721. The summed E-state index contributed by atoms with van der Waals surface area (Å²) in [6, 6.07) is -0.721. The van der Waals surface area contributed by atoms with Crippen molar-refractivity contribution < 1.29 is 14.4 Å². The minimum absolute atomic E-state index is 0.374. The lowest BCUT2D eigenvalue weighted by atomic mass is 9.95. The lowest BCUT2D eigenvalue weighted by molar-refractivity contribution is -0.132. The second-order valence-electron chi connectivity index (χ2n) is 4.81. The fourth-order valence-corrected chi connectivity index (χ4v) is 2.84. The SMILES string of the molecule is Cc1csc(NC(=O)CN2C(=O)N=C3C=CC=CC3C2=O)n1. The number of anilines is 1. The van der Waals surface area contributed by atoms with Crippen molar-refractivity contribution in [2.75, 3.05) is 11.9 Å². The standard InChI is InChI=1S/C14H12N4O3S/c1-8-7-22-13(15-8)17-11(19)6-18-12(20)9-4-2-3-5-10(9)16-14(18)21/h2-5,7,9H,6H2,1H3,(H,15,17,19). The normalized spacial score (nSPS) is 20.0. The van der Waals surface area contributed by atoms with Crippen LogP contribution in [0.15, 0.2) is 34.7 Å². The van der Waals surface area contributed by atoms with E-state index < -0.39 is 23.8 Å². The summed E-state index contributed by atoms with van der Waals surface area (Å²) in [5, 5.41) is 4.79. The lowest BCUT2D eigenvalue weighted by Gasteiger charge is -2.27. The Morgan fingerprint density at radius 1 is 1.41 bits per heavy atom. The molecule has 0 saturated carbocycles. The van der Waals surface area contributed by atoms with Gasteiger partial charge in [0.2, 0.25) is 11.8 Å². The highest BCUT2D eigenvalue weighted by Gasteiger charge is 2.36. The van der Waals surface area contributed by atoms with Crippen LogP contribution >= 0.6 is 11.3 Å². The molecule has 1 aliphatic heterocycles. The maximum Gasteiger partial charge on any atom is 0.351 e. The molecule has 1 aromatic rings. The number of imide groups is 1. The molecule has 112 valence electrons. The van der Waals surface area contributed by atoms with Gasteiger partial charge in [0.1, 0.15) is 6.54 Å². The molecule has 0 radical (unpaired) electrons. The molecule has 8 heteroatoms. The molecule has 3 rings (SSSR count). The fourth-order valence-electron chi connectivity index (χ4n) is 2.14. The summed E-state index contributed by atoms with van der Waals surface area (Å²) in [4.78, 5) is 45.0. The third-order valence-electron chi connectivity index (χ3n) is 3.16. The van der Waals surface area contributed by atoms with Crippen LogP contribution < -0.4 is 5.32 Å². The van der Waals surface area contributed by atoms with Gasteiger partial charge < -0.3 is 5.32 Å². The smallest absolute Gasteiger partial charge is 0.300 e. The Morgan fingerprint density at radius 2 is 2.23 bits per heavy atom. The molecule has 0 saturated heterocycles. The Bertz CT molecular complexity index is 747. The number of hydrogen-bond acceptors (Lipinski definition) is 5. The van der Waals surface area contributed by atoms with Gasteiger partial charge in [-0.25, -0.2) is 9.78 Å².